The van der Waals surface area contributed by atoms with Crippen molar-refractivity contribution in [3.63, 3.8) is 0 Å². The Morgan fingerprint density at radius 2 is 1.96 bits per heavy atom. The van der Waals surface area contributed by atoms with Gasteiger partial charge in [-0.05, 0) is 25.2 Å². The Morgan fingerprint density at radius 1 is 1.21 bits per heavy atom. The SMILES string of the molecule is CN1CCN(C(=O)c2cc(NCc3ccccc3F)ccn2)CC1. The number of anilines is 1. The van der Waals surface area contributed by atoms with E-state index < -0.39 is 0 Å². The summed E-state index contributed by atoms with van der Waals surface area (Å²) in [7, 11) is 2.05. The predicted octanol–water partition coefficient (Wildman–Crippen LogP) is 2.22. The molecule has 0 saturated carbocycles. The molecule has 0 bridgehead atoms. The number of nitrogens with one attached hydrogen (secondary N) is 1. The lowest BCUT2D eigenvalue weighted by molar-refractivity contribution is 0.0658. The van der Waals surface area contributed by atoms with Crippen LogP contribution in [0.15, 0.2) is 42.6 Å². The Morgan fingerprint density at radius 3 is 2.71 bits per heavy atom. The summed E-state index contributed by atoms with van der Waals surface area (Å²) in [5.41, 5.74) is 1.75. The molecule has 1 aliphatic rings. The van der Waals surface area contributed by atoms with Crippen LogP contribution < -0.4 is 5.32 Å². The molecule has 0 atom stereocenters. The Balaban J connectivity index is 1.65. The van der Waals surface area contributed by atoms with E-state index in [1.54, 1.807) is 36.5 Å². The van der Waals surface area contributed by atoms with E-state index in [1.165, 1.54) is 6.07 Å². The van der Waals surface area contributed by atoms with Crippen LogP contribution in [0.3, 0.4) is 0 Å². The normalized spacial score (nSPS) is 15.3. The third-order valence-corrected chi connectivity index (χ3v) is 4.21. The predicted molar refractivity (Wildman–Crippen MR) is 91.4 cm³/mol. The van der Waals surface area contributed by atoms with Crippen molar-refractivity contribution in [3.05, 3.63) is 59.7 Å². The molecular formula is C18H21FN4O. The zero-order valence-electron chi connectivity index (χ0n) is 13.7. The monoisotopic (exact) mass is 328 g/mol. The van der Waals surface area contributed by atoms with Crippen LogP contribution in [0.4, 0.5) is 10.1 Å². The summed E-state index contributed by atoms with van der Waals surface area (Å²) in [4.78, 5) is 20.8. The summed E-state index contributed by atoms with van der Waals surface area (Å²) in [5, 5.41) is 3.15. The molecule has 1 aromatic carbocycles. The van der Waals surface area contributed by atoms with Gasteiger partial charge >= 0.3 is 0 Å². The van der Waals surface area contributed by atoms with Gasteiger partial charge in [0, 0.05) is 50.2 Å². The smallest absolute Gasteiger partial charge is 0.272 e. The van der Waals surface area contributed by atoms with E-state index in [4.69, 9.17) is 0 Å². The molecule has 2 heterocycles. The lowest BCUT2D eigenvalue weighted by Gasteiger charge is -2.32. The molecule has 0 spiro atoms. The topological polar surface area (TPSA) is 48.5 Å². The molecule has 126 valence electrons. The fourth-order valence-electron chi connectivity index (χ4n) is 2.67. The number of nitrogens with zero attached hydrogens (tertiary/aromatic N) is 3. The van der Waals surface area contributed by atoms with E-state index >= 15 is 0 Å². The summed E-state index contributed by atoms with van der Waals surface area (Å²) in [5.74, 6) is -0.301. The highest BCUT2D eigenvalue weighted by Crippen LogP contribution is 2.14. The van der Waals surface area contributed by atoms with Crippen molar-refractivity contribution in [2.45, 2.75) is 6.54 Å². The average molecular weight is 328 g/mol. The Hall–Kier alpha value is -2.47. The molecule has 0 aliphatic carbocycles. The molecule has 1 aromatic heterocycles. The van der Waals surface area contributed by atoms with Crippen molar-refractivity contribution in [1.82, 2.24) is 14.8 Å². The zero-order valence-corrected chi connectivity index (χ0v) is 13.7. The standard InChI is InChI=1S/C18H21FN4O/c1-22-8-10-23(11-9-22)18(24)17-12-15(6-7-20-17)21-13-14-4-2-3-5-16(14)19/h2-7,12H,8-11,13H2,1H3,(H,20,21). The second-order valence-corrected chi connectivity index (χ2v) is 5.97. The first-order chi connectivity index (χ1) is 11.6. The lowest BCUT2D eigenvalue weighted by Crippen LogP contribution is -2.47. The molecule has 1 fully saturated rings. The maximum absolute atomic E-state index is 13.7. The number of rotatable bonds is 4. The number of carbonyl (C=O) groups is 1. The Labute approximate surface area is 141 Å². The van der Waals surface area contributed by atoms with Crippen LogP contribution in [0.2, 0.25) is 0 Å². The fourth-order valence-corrected chi connectivity index (χ4v) is 2.67. The fraction of sp³-hybridized carbons (Fsp3) is 0.333. The van der Waals surface area contributed by atoms with Crippen molar-refractivity contribution in [1.29, 1.82) is 0 Å². The Kier molecular flexibility index (Phi) is 5.05. The second kappa shape index (κ2) is 7.40. The van der Waals surface area contributed by atoms with Gasteiger partial charge in [0.05, 0.1) is 0 Å². The molecule has 0 radical (unpaired) electrons. The van der Waals surface area contributed by atoms with Crippen LogP contribution in [0.5, 0.6) is 0 Å². The molecule has 1 aliphatic heterocycles. The number of hydrogen-bond acceptors (Lipinski definition) is 4. The largest absolute Gasteiger partial charge is 0.381 e. The van der Waals surface area contributed by atoms with Gasteiger partial charge in [-0.15, -0.1) is 0 Å². The van der Waals surface area contributed by atoms with Crippen LogP contribution >= 0.6 is 0 Å². The van der Waals surface area contributed by atoms with E-state index in [0.717, 1.165) is 18.8 Å². The lowest BCUT2D eigenvalue weighted by atomic mass is 10.2. The summed E-state index contributed by atoms with van der Waals surface area (Å²) < 4.78 is 13.7. The van der Waals surface area contributed by atoms with Gasteiger partial charge in [0.1, 0.15) is 11.5 Å². The summed E-state index contributed by atoms with van der Waals surface area (Å²) >= 11 is 0. The third-order valence-electron chi connectivity index (χ3n) is 4.21. The first-order valence-corrected chi connectivity index (χ1v) is 8.04. The second-order valence-electron chi connectivity index (χ2n) is 5.97. The quantitative estimate of drug-likeness (QED) is 0.935. The van der Waals surface area contributed by atoms with Crippen LogP contribution in [0.1, 0.15) is 16.1 Å². The molecule has 6 heteroatoms. The average Bonchev–Trinajstić information content (AvgIpc) is 2.61. The van der Waals surface area contributed by atoms with Gasteiger partial charge in [-0.1, -0.05) is 18.2 Å². The number of carbonyl (C=O) groups excluding carboxylic acids is 1. The van der Waals surface area contributed by atoms with Crippen LogP contribution in [0.25, 0.3) is 0 Å². The number of amides is 1. The van der Waals surface area contributed by atoms with E-state index in [2.05, 4.69) is 15.2 Å². The van der Waals surface area contributed by atoms with Crippen molar-refractivity contribution >= 4 is 11.6 Å². The number of aromatic nitrogens is 1. The zero-order chi connectivity index (χ0) is 16.9. The molecule has 1 amide bonds. The molecule has 1 saturated heterocycles. The highest BCUT2D eigenvalue weighted by atomic mass is 19.1. The third kappa shape index (κ3) is 3.89. The molecule has 1 N–H and O–H groups in total. The van der Waals surface area contributed by atoms with Crippen molar-refractivity contribution in [2.75, 3.05) is 38.5 Å². The number of pyridine rings is 1. The van der Waals surface area contributed by atoms with Gasteiger partial charge in [-0.25, -0.2) is 4.39 Å². The molecule has 0 unspecified atom stereocenters. The van der Waals surface area contributed by atoms with Crippen LogP contribution in [0, 0.1) is 5.82 Å². The van der Waals surface area contributed by atoms with Crippen molar-refractivity contribution < 1.29 is 9.18 Å². The minimum Gasteiger partial charge on any atom is -0.381 e. The first kappa shape index (κ1) is 16.4. The molecule has 2 aromatic rings. The minimum absolute atomic E-state index is 0.0577. The van der Waals surface area contributed by atoms with Crippen LogP contribution in [-0.4, -0.2) is 53.9 Å². The van der Waals surface area contributed by atoms with Gasteiger partial charge < -0.3 is 15.1 Å². The van der Waals surface area contributed by atoms with E-state index in [-0.39, 0.29) is 11.7 Å². The van der Waals surface area contributed by atoms with Gasteiger partial charge in [0.15, 0.2) is 0 Å². The van der Waals surface area contributed by atoms with Crippen molar-refractivity contribution in [3.8, 4) is 0 Å². The number of halogens is 1. The number of piperazine rings is 1. The van der Waals surface area contributed by atoms with Crippen molar-refractivity contribution in [2.24, 2.45) is 0 Å². The minimum atomic E-state index is -0.243. The number of hydrogen-bond donors (Lipinski definition) is 1. The number of benzene rings is 1. The number of likely N-dealkylation sites (N-methyl/N-ethyl adjacent to an activating group) is 1. The van der Waals surface area contributed by atoms with E-state index in [9.17, 15) is 9.18 Å². The maximum Gasteiger partial charge on any atom is 0.272 e. The highest BCUT2D eigenvalue weighted by molar-refractivity contribution is 5.93. The van der Waals surface area contributed by atoms with Gasteiger partial charge in [0.25, 0.3) is 5.91 Å². The summed E-state index contributed by atoms with van der Waals surface area (Å²) in [6.07, 6.45) is 1.60. The van der Waals surface area contributed by atoms with Crippen LogP contribution in [-0.2, 0) is 6.54 Å². The van der Waals surface area contributed by atoms with Gasteiger partial charge in [-0.2, -0.15) is 0 Å². The molecule has 24 heavy (non-hydrogen) atoms. The van der Waals surface area contributed by atoms with E-state index in [0.29, 0.717) is 30.9 Å². The summed E-state index contributed by atoms with van der Waals surface area (Å²) in [6, 6.07) is 10.1. The Bertz CT molecular complexity index is 714. The maximum atomic E-state index is 13.7. The summed E-state index contributed by atoms with van der Waals surface area (Å²) in [6.45, 7) is 3.53. The van der Waals surface area contributed by atoms with Gasteiger partial charge in [-0.3, -0.25) is 9.78 Å². The van der Waals surface area contributed by atoms with E-state index in [1.807, 2.05) is 11.9 Å². The first-order valence-electron chi connectivity index (χ1n) is 8.04. The van der Waals surface area contributed by atoms with Gasteiger partial charge in [0.2, 0.25) is 0 Å². The molecule has 5 nitrogen and oxygen atoms in total. The molecule has 3 rings (SSSR count). The highest BCUT2D eigenvalue weighted by Gasteiger charge is 2.21. The molecular weight excluding hydrogens is 307 g/mol.